The summed E-state index contributed by atoms with van der Waals surface area (Å²) in [5.74, 6) is -1.53. The van der Waals surface area contributed by atoms with Crippen LogP contribution in [0.15, 0.2) is 4.52 Å². The molecule has 1 atom stereocenters. The maximum absolute atomic E-state index is 12.5. The molecule has 0 bridgehead atoms. The van der Waals surface area contributed by atoms with Gasteiger partial charge in [0.15, 0.2) is 5.54 Å². The second kappa shape index (κ2) is 4.02. The summed E-state index contributed by atoms with van der Waals surface area (Å²) >= 11 is 0. The summed E-state index contributed by atoms with van der Waals surface area (Å²) < 4.78 is 42.0. The van der Waals surface area contributed by atoms with E-state index in [-0.39, 0.29) is 5.88 Å². The number of rotatable bonds is 2. The fraction of sp³-hybridized carbons (Fsp3) is 0.556. The third kappa shape index (κ3) is 2.41. The number of carbonyl (C=O) groups excluding carboxylic acids is 1. The van der Waals surface area contributed by atoms with Crippen molar-refractivity contribution in [2.45, 2.75) is 32.5 Å². The summed E-state index contributed by atoms with van der Waals surface area (Å²) in [6.07, 6.45) is -4.85. The van der Waals surface area contributed by atoms with Crippen molar-refractivity contribution < 1.29 is 22.5 Å². The number of alkyl halides is 3. The van der Waals surface area contributed by atoms with Gasteiger partial charge in [-0.2, -0.15) is 13.2 Å². The number of amides is 1. The van der Waals surface area contributed by atoms with E-state index in [0.29, 0.717) is 18.2 Å². The first-order valence-electron chi connectivity index (χ1n) is 4.67. The topological polar surface area (TPSA) is 81.2 Å². The Bertz CT molecular complexity index is 437. The quantitative estimate of drug-likeness (QED) is 0.834. The second-order valence-corrected chi connectivity index (χ2v) is 3.88. The van der Waals surface area contributed by atoms with E-state index < -0.39 is 17.6 Å². The molecule has 0 aliphatic carbocycles. The van der Waals surface area contributed by atoms with Gasteiger partial charge in [0.1, 0.15) is 0 Å². The van der Waals surface area contributed by atoms with Gasteiger partial charge in [-0.3, -0.25) is 10.1 Å². The van der Waals surface area contributed by atoms with Crippen LogP contribution < -0.4 is 11.1 Å². The average molecular weight is 251 g/mol. The molecule has 0 saturated carbocycles. The zero-order valence-electron chi connectivity index (χ0n) is 9.47. The summed E-state index contributed by atoms with van der Waals surface area (Å²) in [5, 5.41) is 5.47. The Labute approximate surface area is 95.1 Å². The molecule has 0 spiro atoms. The van der Waals surface area contributed by atoms with Crippen LogP contribution in [-0.4, -0.2) is 22.8 Å². The molecule has 1 rings (SSSR count). The predicted octanol–water partition coefficient (Wildman–Crippen LogP) is 1.51. The highest BCUT2D eigenvalue weighted by Gasteiger charge is 2.54. The minimum Gasteiger partial charge on any atom is -0.338 e. The molecule has 96 valence electrons. The lowest BCUT2D eigenvalue weighted by atomic mass is 10.0. The van der Waals surface area contributed by atoms with Gasteiger partial charge in [0.25, 0.3) is 5.91 Å². The maximum Gasteiger partial charge on any atom is 0.415 e. The molecule has 1 unspecified atom stereocenters. The van der Waals surface area contributed by atoms with Gasteiger partial charge in [0.2, 0.25) is 5.88 Å². The Kier molecular flexibility index (Phi) is 3.19. The highest BCUT2D eigenvalue weighted by Crippen LogP contribution is 2.29. The van der Waals surface area contributed by atoms with Gasteiger partial charge in [0, 0.05) is 5.56 Å². The number of nitrogens with zero attached hydrogens (tertiary/aromatic N) is 1. The molecule has 0 aliphatic rings. The van der Waals surface area contributed by atoms with E-state index in [1.165, 1.54) is 0 Å². The van der Waals surface area contributed by atoms with Crippen LogP contribution in [-0.2, 0) is 4.79 Å². The molecule has 1 heterocycles. The number of aryl methyl sites for hydroxylation is 1. The van der Waals surface area contributed by atoms with Crippen molar-refractivity contribution in [1.82, 2.24) is 5.16 Å². The molecular formula is C9H12F3N3O2. The van der Waals surface area contributed by atoms with Crippen molar-refractivity contribution in [3.63, 3.8) is 0 Å². The first-order chi connectivity index (χ1) is 7.57. The van der Waals surface area contributed by atoms with Gasteiger partial charge in [0.05, 0.1) is 5.69 Å². The third-order valence-electron chi connectivity index (χ3n) is 2.44. The number of hydrogen-bond acceptors (Lipinski definition) is 4. The molecule has 1 aromatic rings. The van der Waals surface area contributed by atoms with Crippen LogP contribution in [0.1, 0.15) is 18.2 Å². The first kappa shape index (κ1) is 13.5. The molecule has 3 N–H and O–H groups in total. The highest BCUT2D eigenvalue weighted by atomic mass is 19.4. The molecule has 0 radical (unpaired) electrons. The Morgan fingerprint density at radius 3 is 2.29 bits per heavy atom. The van der Waals surface area contributed by atoms with E-state index in [1.54, 1.807) is 13.8 Å². The van der Waals surface area contributed by atoms with E-state index in [4.69, 9.17) is 5.73 Å². The lowest BCUT2D eigenvalue weighted by Crippen LogP contribution is -2.59. The Hall–Kier alpha value is -1.57. The zero-order valence-corrected chi connectivity index (χ0v) is 9.47. The SMILES string of the molecule is Cc1noc(NC(=O)C(C)(N)C(F)(F)F)c1C. The first-order valence-corrected chi connectivity index (χ1v) is 4.67. The van der Waals surface area contributed by atoms with E-state index in [2.05, 4.69) is 9.68 Å². The summed E-state index contributed by atoms with van der Waals surface area (Å²) in [6, 6.07) is 0. The number of aromatic nitrogens is 1. The molecule has 1 amide bonds. The van der Waals surface area contributed by atoms with Gasteiger partial charge >= 0.3 is 6.18 Å². The monoisotopic (exact) mass is 251 g/mol. The van der Waals surface area contributed by atoms with Gasteiger partial charge in [-0.25, -0.2) is 0 Å². The number of hydrogen-bond donors (Lipinski definition) is 2. The van der Waals surface area contributed by atoms with Crippen LogP contribution in [0.5, 0.6) is 0 Å². The standard InChI is InChI=1S/C9H12F3N3O2/c1-4-5(2)15-17-6(4)14-7(16)8(3,13)9(10,11)12/h13H2,1-3H3,(H,14,16). The summed E-state index contributed by atoms with van der Waals surface area (Å²) in [4.78, 5) is 11.4. The number of carbonyl (C=O) groups is 1. The number of nitrogens with two attached hydrogens (primary N) is 1. The molecule has 0 fully saturated rings. The summed E-state index contributed by atoms with van der Waals surface area (Å²) in [5.41, 5.74) is 2.89. The molecule has 8 heteroatoms. The number of halogens is 3. The third-order valence-corrected chi connectivity index (χ3v) is 2.44. The van der Waals surface area contributed by atoms with E-state index in [9.17, 15) is 18.0 Å². The fourth-order valence-corrected chi connectivity index (χ4v) is 0.894. The smallest absolute Gasteiger partial charge is 0.338 e. The van der Waals surface area contributed by atoms with E-state index in [1.807, 2.05) is 5.32 Å². The van der Waals surface area contributed by atoms with Crippen molar-refractivity contribution >= 4 is 11.8 Å². The van der Waals surface area contributed by atoms with Gasteiger partial charge < -0.3 is 10.3 Å². The summed E-state index contributed by atoms with van der Waals surface area (Å²) in [6.45, 7) is 3.74. The number of nitrogens with one attached hydrogen (secondary N) is 1. The maximum atomic E-state index is 12.5. The second-order valence-electron chi connectivity index (χ2n) is 3.88. The van der Waals surface area contributed by atoms with Gasteiger partial charge in [-0.1, -0.05) is 5.16 Å². The molecule has 0 aliphatic heterocycles. The molecular weight excluding hydrogens is 239 g/mol. The van der Waals surface area contributed by atoms with E-state index in [0.717, 1.165) is 0 Å². The normalized spacial score (nSPS) is 15.5. The molecule has 17 heavy (non-hydrogen) atoms. The fourth-order valence-electron chi connectivity index (χ4n) is 0.894. The molecule has 1 aromatic heterocycles. The Morgan fingerprint density at radius 1 is 1.41 bits per heavy atom. The van der Waals surface area contributed by atoms with Crippen molar-refractivity contribution in [3.05, 3.63) is 11.3 Å². The van der Waals surface area contributed by atoms with E-state index >= 15 is 0 Å². The van der Waals surface area contributed by atoms with Gasteiger partial charge in [-0.15, -0.1) is 0 Å². The van der Waals surface area contributed by atoms with Gasteiger partial charge in [-0.05, 0) is 20.8 Å². The lowest BCUT2D eigenvalue weighted by molar-refractivity contribution is -0.184. The van der Waals surface area contributed by atoms with Crippen LogP contribution in [0.4, 0.5) is 19.1 Å². The van der Waals surface area contributed by atoms with Crippen molar-refractivity contribution in [3.8, 4) is 0 Å². The predicted molar refractivity (Wildman–Crippen MR) is 53.3 cm³/mol. The number of anilines is 1. The largest absolute Gasteiger partial charge is 0.415 e. The highest BCUT2D eigenvalue weighted by molar-refractivity contribution is 5.97. The van der Waals surface area contributed by atoms with Crippen molar-refractivity contribution in [2.24, 2.45) is 5.73 Å². The molecule has 0 aromatic carbocycles. The summed E-state index contributed by atoms with van der Waals surface area (Å²) in [7, 11) is 0. The van der Waals surface area contributed by atoms with Crippen LogP contribution in [0.3, 0.4) is 0 Å². The lowest BCUT2D eigenvalue weighted by Gasteiger charge is -2.25. The van der Waals surface area contributed by atoms with Crippen LogP contribution in [0, 0.1) is 13.8 Å². The molecule has 0 saturated heterocycles. The average Bonchev–Trinajstić information content (AvgIpc) is 2.47. The van der Waals surface area contributed by atoms with Crippen LogP contribution >= 0.6 is 0 Å². The van der Waals surface area contributed by atoms with Crippen LogP contribution in [0.25, 0.3) is 0 Å². The van der Waals surface area contributed by atoms with Crippen molar-refractivity contribution in [1.29, 1.82) is 0 Å². The Balaban J connectivity index is 2.91. The molecule has 5 nitrogen and oxygen atoms in total. The van der Waals surface area contributed by atoms with Crippen LogP contribution in [0.2, 0.25) is 0 Å². The zero-order chi connectivity index (χ0) is 13.4. The van der Waals surface area contributed by atoms with Crippen molar-refractivity contribution in [2.75, 3.05) is 5.32 Å². The Morgan fingerprint density at radius 2 is 1.94 bits per heavy atom. The minimum absolute atomic E-state index is 0.131. The minimum atomic E-state index is -4.85.